The van der Waals surface area contributed by atoms with Crippen LogP contribution in [0.15, 0.2) is 18.2 Å². The number of carbonyl (C=O) groups excluding carboxylic acids is 2. The quantitative estimate of drug-likeness (QED) is 0.795. The summed E-state index contributed by atoms with van der Waals surface area (Å²) in [7, 11) is 3.40. The fourth-order valence-electron chi connectivity index (χ4n) is 2.49. The van der Waals surface area contributed by atoms with E-state index < -0.39 is 6.04 Å². The first kappa shape index (κ1) is 20.0. The lowest BCUT2D eigenvalue weighted by atomic mass is 10.0. The molecule has 5 nitrogen and oxygen atoms in total. The van der Waals surface area contributed by atoms with E-state index in [1.165, 1.54) is 10.5 Å². The van der Waals surface area contributed by atoms with E-state index in [-0.39, 0.29) is 18.2 Å². The zero-order valence-corrected chi connectivity index (χ0v) is 15.7. The van der Waals surface area contributed by atoms with E-state index in [4.69, 9.17) is 4.74 Å². The summed E-state index contributed by atoms with van der Waals surface area (Å²) in [5.41, 5.74) is 2.23. The van der Waals surface area contributed by atoms with Crippen LogP contribution in [0.3, 0.4) is 0 Å². The Kier molecular flexibility index (Phi) is 7.75. The molecule has 0 aliphatic rings. The van der Waals surface area contributed by atoms with Crippen LogP contribution in [0.5, 0.6) is 5.75 Å². The molecular formula is C19H30N2O3. The third-order valence-corrected chi connectivity index (χ3v) is 3.70. The molecule has 1 aromatic rings. The molecule has 0 heterocycles. The fraction of sp³-hybridized carbons (Fsp3) is 0.579. The van der Waals surface area contributed by atoms with E-state index in [1.807, 2.05) is 45.9 Å². The van der Waals surface area contributed by atoms with Crippen LogP contribution < -0.4 is 10.1 Å². The molecule has 0 aliphatic heterocycles. The molecule has 1 N–H and O–H groups in total. The average Bonchev–Trinajstić information content (AvgIpc) is 2.47. The highest BCUT2D eigenvalue weighted by atomic mass is 16.5. The van der Waals surface area contributed by atoms with Gasteiger partial charge >= 0.3 is 0 Å². The van der Waals surface area contributed by atoms with Gasteiger partial charge in [0.05, 0.1) is 13.0 Å². The highest BCUT2D eigenvalue weighted by Crippen LogP contribution is 2.18. The number of likely N-dealkylation sites (N-methyl/N-ethyl adjacent to an activating group) is 1. The zero-order chi connectivity index (χ0) is 18.3. The van der Waals surface area contributed by atoms with Crippen molar-refractivity contribution in [2.45, 2.75) is 46.6 Å². The summed E-state index contributed by atoms with van der Waals surface area (Å²) in [5, 5.41) is 2.83. The minimum Gasteiger partial charge on any atom is -0.493 e. The second kappa shape index (κ2) is 9.30. The molecule has 0 unspecified atom stereocenters. The SMILES string of the molecule is Cc1ccc(OCCC(=O)N[C@H](CC(C)C)C(=O)N(C)C)c(C)c1. The average molecular weight is 334 g/mol. The van der Waals surface area contributed by atoms with E-state index in [9.17, 15) is 9.59 Å². The number of ether oxygens (including phenoxy) is 1. The van der Waals surface area contributed by atoms with E-state index in [2.05, 4.69) is 5.32 Å². The number of nitrogens with one attached hydrogen (secondary N) is 1. The molecule has 0 bridgehead atoms. The molecule has 0 aromatic heterocycles. The normalized spacial score (nSPS) is 12.0. The van der Waals surface area contributed by atoms with Crippen LogP contribution in [0.2, 0.25) is 0 Å². The maximum atomic E-state index is 12.2. The van der Waals surface area contributed by atoms with Gasteiger partial charge in [-0.2, -0.15) is 0 Å². The first-order chi connectivity index (χ1) is 11.2. The van der Waals surface area contributed by atoms with Crippen molar-refractivity contribution in [3.8, 4) is 5.75 Å². The number of nitrogens with zero attached hydrogens (tertiary/aromatic N) is 1. The molecule has 0 fully saturated rings. The van der Waals surface area contributed by atoms with Gasteiger partial charge in [0.2, 0.25) is 11.8 Å². The van der Waals surface area contributed by atoms with E-state index in [0.29, 0.717) is 18.9 Å². The molecule has 2 amide bonds. The predicted molar refractivity (Wildman–Crippen MR) is 96.1 cm³/mol. The molecule has 1 aromatic carbocycles. The lowest BCUT2D eigenvalue weighted by molar-refractivity contribution is -0.135. The fourth-order valence-corrected chi connectivity index (χ4v) is 2.49. The standard InChI is InChI=1S/C19H30N2O3/c1-13(2)11-16(19(23)21(5)6)20-18(22)9-10-24-17-8-7-14(3)12-15(17)4/h7-8,12-13,16H,9-11H2,1-6H3,(H,20,22)/t16-/m1/s1. The van der Waals surface area contributed by atoms with Crippen molar-refractivity contribution in [1.29, 1.82) is 0 Å². The van der Waals surface area contributed by atoms with Gasteiger partial charge in [-0.05, 0) is 37.8 Å². The molecule has 134 valence electrons. The van der Waals surface area contributed by atoms with Crippen molar-refractivity contribution in [3.05, 3.63) is 29.3 Å². The van der Waals surface area contributed by atoms with Gasteiger partial charge in [0.15, 0.2) is 0 Å². The molecule has 0 spiro atoms. The minimum atomic E-state index is -0.478. The molecule has 5 heteroatoms. The van der Waals surface area contributed by atoms with Gasteiger partial charge < -0.3 is 15.0 Å². The van der Waals surface area contributed by atoms with Crippen molar-refractivity contribution in [3.63, 3.8) is 0 Å². The summed E-state index contributed by atoms with van der Waals surface area (Å²) >= 11 is 0. The predicted octanol–water partition coefficient (Wildman–Crippen LogP) is 2.69. The Balaban J connectivity index is 2.52. The van der Waals surface area contributed by atoms with Crippen LogP contribution in [0.4, 0.5) is 0 Å². The molecule has 0 aliphatic carbocycles. The van der Waals surface area contributed by atoms with Gasteiger partial charge in [0, 0.05) is 14.1 Å². The Labute approximate surface area is 145 Å². The number of amides is 2. The van der Waals surface area contributed by atoms with Gasteiger partial charge in [-0.15, -0.1) is 0 Å². The Hall–Kier alpha value is -2.04. The van der Waals surface area contributed by atoms with Crippen molar-refractivity contribution in [1.82, 2.24) is 10.2 Å². The summed E-state index contributed by atoms with van der Waals surface area (Å²) in [6.45, 7) is 8.37. The lowest BCUT2D eigenvalue weighted by Gasteiger charge is -2.23. The molecule has 0 saturated carbocycles. The number of carbonyl (C=O) groups is 2. The molecule has 24 heavy (non-hydrogen) atoms. The molecular weight excluding hydrogens is 304 g/mol. The number of hydrogen-bond acceptors (Lipinski definition) is 3. The number of benzene rings is 1. The molecule has 0 saturated heterocycles. The molecule has 1 atom stereocenters. The number of aryl methyl sites for hydroxylation is 2. The van der Waals surface area contributed by atoms with Crippen LogP contribution >= 0.6 is 0 Å². The highest BCUT2D eigenvalue weighted by Gasteiger charge is 2.23. The topological polar surface area (TPSA) is 58.6 Å². The Morgan fingerprint density at radius 2 is 1.88 bits per heavy atom. The Morgan fingerprint density at radius 3 is 2.42 bits per heavy atom. The van der Waals surface area contributed by atoms with Crippen LogP contribution in [-0.2, 0) is 9.59 Å². The summed E-state index contributed by atoms with van der Waals surface area (Å²) in [6.07, 6.45) is 0.850. The summed E-state index contributed by atoms with van der Waals surface area (Å²) in [6, 6.07) is 5.47. The van der Waals surface area contributed by atoms with Gasteiger partial charge in [-0.1, -0.05) is 31.5 Å². The smallest absolute Gasteiger partial charge is 0.244 e. The minimum absolute atomic E-state index is 0.0765. The Bertz CT molecular complexity index is 568. The van der Waals surface area contributed by atoms with E-state index >= 15 is 0 Å². The van der Waals surface area contributed by atoms with Crippen LogP contribution in [-0.4, -0.2) is 43.5 Å². The van der Waals surface area contributed by atoms with Crippen molar-refractivity contribution in [2.24, 2.45) is 5.92 Å². The zero-order valence-electron chi connectivity index (χ0n) is 15.7. The van der Waals surface area contributed by atoms with E-state index in [0.717, 1.165) is 11.3 Å². The third-order valence-electron chi connectivity index (χ3n) is 3.70. The monoisotopic (exact) mass is 334 g/mol. The number of rotatable bonds is 8. The summed E-state index contributed by atoms with van der Waals surface area (Å²) in [4.78, 5) is 25.8. The maximum Gasteiger partial charge on any atom is 0.244 e. The van der Waals surface area contributed by atoms with Crippen molar-refractivity contribution in [2.75, 3.05) is 20.7 Å². The van der Waals surface area contributed by atoms with Gasteiger partial charge in [-0.25, -0.2) is 0 Å². The Morgan fingerprint density at radius 1 is 1.21 bits per heavy atom. The third kappa shape index (κ3) is 6.60. The second-order valence-electron chi connectivity index (χ2n) is 6.85. The molecule has 1 rings (SSSR count). The van der Waals surface area contributed by atoms with Gasteiger partial charge in [0.25, 0.3) is 0 Å². The molecule has 0 radical (unpaired) electrons. The van der Waals surface area contributed by atoms with Crippen LogP contribution in [0.25, 0.3) is 0 Å². The summed E-state index contributed by atoms with van der Waals surface area (Å²) in [5.74, 6) is 0.870. The van der Waals surface area contributed by atoms with Crippen LogP contribution in [0, 0.1) is 19.8 Å². The van der Waals surface area contributed by atoms with Gasteiger partial charge in [0.1, 0.15) is 11.8 Å². The van der Waals surface area contributed by atoms with Crippen molar-refractivity contribution < 1.29 is 14.3 Å². The van der Waals surface area contributed by atoms with Gasteiger partial charge in [-0.3, -0.25) is 9.59 Å². The van der Waals surface area contributed by atoms with E-state index in [1.54, 1.807) is 14.1 Å². The number of hydrogen-bond donors (Lipinski definition) is 1. The second-order valence-corrected chi connectivity index (χ2v) is 6.85. The largest absolute Gasteiger partial charge is 0.493 e. The van der Waals surface area contributed by atoms with Crippen molar-refractivity contribution >= 4 is 11.8 Å². The highest BCUT2D eigenvalue weighted by molar-refractivity contribution is 5.87. The lowest BCUT2D eigenvalue weighted by Crippen LogP contribution is -2.47. The first-order valence-corrected chi connectivity index (χ1v) is 8.41. The van der Waals surface area contributed by atoms with Crippen LogP contribution in [0.1, 0.15) is 37.8 Å². The maximum absolute atomic E-state index is 12.2. The first-order valence-electron chi connectivity index (χ1n) is 8.41. The summed E-state index contributed by atoms with van der Waals surface area (Å²) < 4.78 is 5.68.